The van der Waals surface area contributed by atoms with Crippen LogP contribution in [0.3, 0.4) is 0 Å². The number of aromatic nitrogens is 1. The van der Waals surface area contributed by atoms with E-state index in [1.807, 2.05) is 6.92 Å². The molecule has 1 amide bonds. The zero-order valence-electron chi connectivity index (χ0n) is 11.7. The molecule has 0 bridgehead atoms. The van der Waals surface area contributed by atoms with E-state index < -0.39 is 23.8 Å². The summed E-state index contributed by atoms with van der Waals surface area (Å²) >= 11 is 0. The number of carbonyl (C=O) groups is 3. The number of carbonyl (C=O) groups excluding carboxylic acids is 1. The maximum absolute atomic E-state index is 12.4. The number of aryl methyl sites for hydroxylation is 1. The number of carboxylic acids is 2. The number of amides is 1. The molecular formula is C14H18N2O5. The van der Waals surface area contributed by atoms with Crippen LogP contribution in [0.1, 0.15) is 23.8 Å². The number of carboxylic acid groups (broad SMARTS) is 2. The molecule has 21 heavy (non-hydrogen) atoms. The standard InChI is InChI=1S/C14H18N2O5/c1-2-15-6-3-4-11(15)12(17)16-7-5-9(13(18)19)10(8-16)14(20)21/h3-4,6,9-10H,2,5,7-8H2,1H3,(H,18,19)(H,20,21). The van der Waals surface area contributed by atoms with Gasteiger partial charge < -0.3 is 19.7 Å². The highest BCUT2D eigenvalue weighted by Crippen LogP contribution is 2.25. The van der Waals surface area contributed by atoms with Crippen molar-refractivity contribution in [2.24, 2.45) is 11.8 Å². The van der Waals surface area contributed by atoms with Gasteiger partial charge in [0.1, 0.15) is 5.69 Å². The molecule has 0 aromatic carbocycles. The number of piperidine rings is 1. The Morgan fingerprint density at radius 1 is 1.24 bits per heavy atom. The van der Waals surface area contributed by atoms with E-state index in [0.29, 0.717) is 12.2 Å². The van der Waals surface area contributed by atoms with Crippen molar-refractivity contribution in [3.63, 3.8) is 0 Å². The molecule has 0 radical (unpaired) electrons. The first kappa shape index (κ1) is 15.1. The first-order chi connectivity index (χ1) is 9.95. The molecule has 1 fully saturated rings. The number of hydrogen-bond donors (Lipinski definition) is 2. The Kier molecular flexibility index (Phi) is 4.30. The molecule has 114 valence electrons. The van der Waals surface area contributed by atoms with Crippen LogP contribution < -0.4 is 0 Å². The lowest BCUT2D eigenvalue weighted by Crippen LogP contribution is -2.49. The van der Waals surface area contributed by atoms with Crippen molar-refractivity contribution in [1.29, 1.82) is 0 Å². The molecule has 0 aliphatic carbocycles. The third-order valence-corrected chi connectivity index (χ3v) is 3.92. The van der Waals surface area contributed by atoms with E-state index in [-0.39, 0.29) is 25.4 Å². The third-order valence-electron chi connectivity index (χ3n) is 3.92. The van der Waals surface area contributed by atoms with Gasteiger partial charge >= 0.3 is 11.9 Å². The molecule has 1 aliphatic rings. The Bertz CT molecular complexity index is 565. The van der Waals surface area contributed by atoms with Crippen molar-refractivity contribution in [1.82, 2.24) is 9.47 Å². The topological polar surface area (TPSA) is 99.8 Å². The molecule has 1 aromatic rings. The van der Waals surface area contributed by atoms with Crippen LogP contribution in [0, 0.1) is 11.8 Å². The minimum absolute atomic E-state index is 0.0694. The Hall–Kier alpha value is -2.31. The molecule has 1 aliphatic heterocycles. The second-order valence-electron chi connectivity index (χ2n) is 5.11. The van der Waals surface area contributed by atoms with Gasteiger partial charge in [-0.2, -0.15) is 0 Å². The van der Waals surface area contributed by atoms with Gasteiger partial charge in [-0.25, -0.2) is 0 Å². The Morgan fingerprint density at radius 2 is 1.90 bits per heavy atom. The van der Waals surface area contributed by atoms with Gasteiger partial charge in [0.05, 0.1) is 11.8 Å². The number of hydrogen-bond acceptors (Lipinski definition) is 3. The molecule has 2 atom stereocenters. The van der Waals surface area contributed by atoms with Crippen LogP contribution in [0.5, 0.6) is 0 Å². The van der Waals surface area contributed by atoms with Gasteiger partial charge in [-0.15, -0.1) is 0 Å². The number of likely N-dealkylation sites (tertiary alicyclic amines) is 1. The van der Waals surface area contributed by atoms with Gasteiger partial charge in [-0.05, 0) is 25.5 Å². The second kappa shape index (κ2) is 5.99. The molecule has 0 saturated carbocycles. The quantitative estimate of drug-likeness (QED) is 0.853. The summed E-state index contributed by atoms with van der Waals surface area (Å²) in [4.78, 5) is 36.2. The van der Waals surface area contributed by atoms with E-state index in [9.17, 15) is 19.5 Å². The maximum atomic E-state index is 12.4. The van der Waals surface area contributed by atoms with Crippen LogP contribution in [-0.2, 0) is 16.1 Å². The monoisotopic (exact) mass is 294 g/mol. The second-order valence-corrected chi connectivity index (χ2v) is 5.11. The van der Waals surface area contributed by atoms with E-state index in [1.165, 1.54) is 4.90 Å². The van der Waals surface area contributed by atoms with Crippen molar-refractivity contribution in [2.75, 3.05) is 13.1 Å². The highest BCUT2D eigenvalue weighted by molar-refractivity contribution is 5.93. The number of rotatable bonds is 4. The van der Waals surface area contributed by atoms with Crippen LogP contribution in [0.15, 0.2) is 18.3 Å². The van der Waals surface area contributed by atoms with Crippen molar-refractivity contribution in [3.8, 4) is 0 Å². The van der Waals surface area contributed by atoms with Crippen LogP contribution in [0.25, 0.3) is 0 Å². The Balaban J connectivity index is 2.17. The molecule has 2 unspecified atom stereocenters. The van der Waals surface area contributed by atoms with Crippen LogP contribution >= 0.6 is 0 Å². The summed E-state index contributed by atoms with van der Waals surface area (Å²) in [6.07, 6.45) is 1.94. The largest absolute Gasteiger partial charge is 0.481 e. The fourth-order valence-corrected chi connectivity index (χ4v) is 2.73. The van der Waals surface area contributed by atoms with Gasteiger partial charge in [-0.3, -0.25) is 14.4 Å². The molecule has 0 spiro atoms. The van der Waals surface area contributed by atoms with E-state index >= 15 is 0 Å². The Morgan fingerprint density at radius 3 is 2.48 bits per heavy atom. The van der Waals surface area contributed by atoms with Crippen LogP contribution in [-0.4, -0.2) is 50.6 Å². The fraction of sp³-hybridized carbons (Fsp3) is 0.500. The zero-order chi connectivity index (χ0) is 15.6. The molecule has 7 heteroatoms. The highest BCUT2D eigenvalue weighted by atomic mass is 16.4. The highest BCUT2D eigenvalue weighted by Gasteiger charge is 2.40. The summed E-state index contributed by atoms with van der Waals surface area (Å²) in [6.45, 7) is 2.74. The van der Waals surface area contributed by atoms with Crippen molar-refractivity contribution in [2.45, 2.75) is 19.9 Å². The number of nitrogens with zero attached hydrogens (tertiary/aromatic N) is 2. The average molecular weight is 294 g/mol. The van der Waals surface area contributed by atoms with Gasteiger partial charge in [0.2, 0.25) is 0 Å². The van der Waals surface area contributed by atoms with Gasteiger partial charge in [-0.1, -0.05) is 0 Å². The molecule has 2 N–H and O–H groups in total. The smallest absolute Gasteiger partial charge is 0.309 e. The predicted octanol–water partition coefficient (Wildman–Crippen LogP) is 0.755. The predicted molar refractivity (Wildman–Crippen MR) is 72.9 cm³/mol. The van der Waals surface area contributed by atoms with Gasteiger partial charge in [0, 0.05) is 25.8 Å². The number of aliphatic carboxylic acids is 2. The van der Waals surface area contributed by atoms with E-state index in [1.54, 1.807) is 22.9 Å². The average Bonchev–Trinajstić information content (AvgIpc) is 2.94. The summed E-state index contributed by atoms with van der Waals surface area (Å²) in [6, 6.07) is 3.44. The Labute approximate surface area is 121 Å². The summed E-state index contributed by atoms with van der Waals surface area (Å²) in [5, 5.41) is 18.3. The van der Waals surface area contributed by atoms with Gasteiger partial charge in [0.15, 0.2) is 0 Å². The van der Waals surface area contributed by atoms with E-state index in [2.05, 4.69) is 0 Å². The lowest BCUT2D eigenvalue weighted by molar-refractivity contribution is -0.156. The molecular weight excluding hydrogens is 276 g/mol. The van der Waals surface area contributed by atoms with Crippen molar-refractivity contribution in [3.05, 3.63) is 24.0 Å². The molecule has 1 saturated heterocycles. The summed E-state index contributed by atoms with van der Waals surface area (Å²) < 4.78 is 1.78. The minimum Gasteiger partial charge on any atom is -0.481 e. The fourth-order valence-electron chi connectivity index (χ4n) is 2.73. The van der Waals surface area contributed by atoms with Crippen molar-refractivity contribution < 1.29 is 24.6 Å². The van der Waals surface area contributed by atoms with E-state index in [4.69, 9.17) is 5.11 Å². The lowest BCUT2D eigenvalue weighted by Gasteiger charge is -2.34. The van der Waals surface area contributed by atoms with Crippen LogP contribution in [0.2, 0.25) is 0 Å². The summed E-state index contributed by atoms with van der Waals surface area (Å²) in [5.41, 5.74) is 0.496. The van der Waals surface area contributed by atoms with E-state index in [0.717, 1.165) is 0 Å². The van der Waals surface area contributed by atoms with Crippen molar-refractivity contribution >= 4 is 17.8 Å². The SMILES string of the molecule is CCn1cccc1C(=O)N1CCC(C(=O)O)C(C(=O)O)C1. The lowest BCUT2D eigenvalue weighted by atomic mass is 9.85. The first-order valence-corrected chi connectivity index (χ1v) is 6.85. The summed E-state index contributed by atoms with van der Waals surface area (Å²) in [7, 11) is 0. The molecule has 2 heterocycles. The molecule has 7 nitrogen and oxygen atoms in total. The summed E-state index contributed by atoms with van der Waals surface area (Å²) in [5.74, 6) is -4.55. The minimum atomic E-state index is -1.18. The molecule has 2 rings (SSSR count). The maximum Gasteiger partial charge on any atom is 0.309 e. The molecule has 1 aromatic heterocycles. The van der Waals surface area contributed by atoms with Crippen LogP contribution in [0.4, 0.5) is 0 Å². The first-order valence-electron chi connectivity index (χ1n) is 6.85. The normalized spacial score (nSPS) is 22.0. The van der Waals surface area contributed by atoms with Gasteiger partial charge in [0.25, 0.3) is 5.91 Å². The zero-order valence-corrected chi connectivity index (χ0v) is 11.7. The third kappa shape index (κ3) is 2.91.